The minimum atomic E-state index is -0.946. The number of nitrogens with one attached hydrogen (secondary N) is 3. The number of nitrogens with zero attached hydrogens (tertiary/aromatic N) is 2. The zero-order valence-corrected chi connectivity index (χ0v) is 17.1. The fourth-order valence-corrected chi connectivity index (χ4v) is 3.91. The van der Waals surface area contributed by atoms with Gasteiger partial charge in [-0.1, -0.05) is 6.07 Å². The summed E-state index contributed by atoms with van der Waals surface area (Å²) in [6.07, 6.45) is -0.247. The summed E-state index contributed by atoms with van der Waals surface area (Å²) in [5.74, 6) is -0.827. The lowest BCUT2D eigenvalue weighted by molar-refractivity contribution is -0.133. The van der Waals surface area contributed by atoms with Crippen LogP contribution in [0.4, 0.5) is 16.2 Å². The number of piperazine rings is 1. The predicted octanol–water partition coefficient (Wildman–Crippen LogP) is 0.915. The molecule has 4 amide bonds. The maximum absolute atomic E-state index is 12.6. The molecule has 3 atom stereocenters. The van der Waals surface area contributed by atoms with Gasteiger partial charge in [0.15, 0.2) is 0 Å². The smallest absolute Gasteiger partial charge is 0.407 e. The first-order valence-corrected chi connectivity index (χ1v) is 9.96. The van der Waals surface area contributed by atoms with Gasteiger partial charge in [0.05, 0.1) is 6.54 Å². The second-order valence-corrected chi connectivity index (χ2v) is 7.83. The molecule has 0 saturated carbocycles. The summed E-state index contributed by atoms with van der Waals surface area (Å²) < 4.78 is 0. The molecular formula is C20H27N5O5. The van der Waals surface area contributed by atoms with E-state index in [1.54, 1.807) is 24.3 Å². The maximum atomic E-state index is 12.6. The van der Waals surface area contributed by atoms with Crippen LogP contribution in [0.1, 0.15) is 26.7 Å². The van der Waals surface area contributed by atoms with E-state index in [1.165, 1.54) is 4.90 Å². The van der Waals surface area contributed by atoms with Gasteiger partial charge in [0.1, 0.15) is 6.04 Å². The van der Waals surface area contributed by atoms with Crippen LogP contribution in [0.15, 0.2) is 24.3 Å². The lowest BCUT2D eigenvalue weighted by Gasteiger charge is -2.42. The molecule has 1 aromatic carbocycles. The first-order valence-electron chi connectivity index (χ1n) is 9.96. The van der Waals surface area contributed by atoms with Gasteiger partial charge >= 0.3 is 6.09 Å². The zero-order valence-electron chi connectivity index (χ0n) is 17.1. The highest BCUT2D eigenvalue weighted by molar-refractivity contribution is 6.01. The molecule has 162 valence electrons. The van der Waals surface area contributed by atoms with Crippen molar-refractivity contribution in [3.05, 3.63) is 24.3 Å². The van der Waals surface area contributed by atoms with Crippen molar-refractivity contribution in [1.82, 2.24) is 15.1 Å². The Morgan fingerprint density at radius 3 is 2.47 bits per heavy atom. The maximum Gasteiger partial charge on any atom is 0.407 e. The molecule has 0 aliphatic carbocycles. The Kier molecular flexibility index (Phi) is 6.56. The van der Waals surface area contributed by atoms with Crippen molar-refractivity contribution in [3.8, 4) is 0 Å². The van der Waals surface area contributed by atoms with Crippen molar-refractivity contribution >= 4 is 35.2 Å². The van der Waals surface area contributed by atoms with Crippen LogP contribution in [0.25, 0.3) is 0 Å². The van der Waals surface area contributed by atoms with Gasteiger partial charge in [0.2, 0.25) is 17.7 Å². The molecule has 4 N–H and O–H groups in total. The Hall–Kier alpha value is -3.14. The summed E-state index contributed by atoms with van der Waals surface area (Å²) in [4.78, 5) is 50.3. The number of benzene rings is 1. The third kappa shape index (κ3) is 5.26. The highest BCUT2D eigenvalue weighted by Gasteiger charge is 2.32. The molecular weight excluding hydrogens is 390 g/mol. The van der Waals surface area contributed by atoms with E-state index in [0.29, 0.717) is 30.9 Å². The monoisotopic (exact) mass is 417 g/mol. The topological polar surface area (TPSA) is 131 Å². The molecule has 0 aromatic heterocycles. The largest absolute Gasteiger partial charge is 0.465 e. The van der Waals surface area contributed by atoms with Gasteiger partial charge < -0.3 is 20.6 Å². The van der Waals surface area contributed by atoms with Gasteiger partial charge in [0.25, 0.3) is 0 Å². The third-order valence-corrected chi connectivity index (χ3v) is 5.42. The third-order valence-electron chi connectivity index (χ3n) is 5.42. The van der Waals surface area contributed by atoms with Crippen LogP contribution in [-0.2, 0) is 14.4 Å². The quantitative estimate of drug-likeness (QED) is 0.524. The number of hydrogen-bond donors (Lipinski definition) is 4. The lowest BCUT2D eigenvalue weighted by atomic mass is 10.1. The van der Waals surface area contributed by atoms with Gasteiger partial charge in [-0.25, -0.2) is 4.79 Å². The fourth-order valence-electron chi connectivity index (χ4n) is 3.91. The number of carbonyl (C=O) groups excluding carboxylic acids is 3. The van der Waals surface area contributed by atoms with Gasteiger partial charge in [-0.3, -0.25) is 24.6 Å². The second kappa shape index (κ2) is 9.12. The van der Waals surface area contributed by atoms with Crippen molar-refractivity contribution in [2.75, 3.05) is 30.3 Å². The zero-order chi connectivity index (χ0) is 21.8. The molecule has 0 bridgehead atoms. The average Bonchev–Trinajstić information content (AvgIpc) is 2.67. The van der Waals surface area contributed by atoms with E-state index < -0.39 is 12.1 Å². The van der Waals surface area contributed by atoms with Crippen LogP contribution in [0, 0.1) is 0 Å². The van der Waals surface area contributed by atoms with E-state index in [2.05, 4.69) is 16.0 Å². The molecule has 0 spiro atoms. The molecule has 2 aliphatic heterocycles. The molecule has 30 heavy (non-hydrogen) atoms. The number of piperidine rings is 1. The van der Waals surface area contributed by atoms with Crippen LogP contribution >= 0.6 is 0 Å². The molecule has 2 heterocycles. The van der Waals surface area contributed by atoms with E-state index in [4.69, 9.17) is 0 Å². The summed E-state index contributed by atoms with van der Waals surface area (Å²) in [6, 6.07) is 6.39. The standard InChI is InChI=1S/C20H27N5O5/c1-12-9-24(20(29)30)10-13(2)25(12)11-18(27)22-15-5-3-4-14(8-15)21-16-6-7-17(26)23-19(16)28/h3-5,8,12-13,16,21H,6-7,9-11H2,1-2H3,(H,22,27)(H,29,30)(H,23,26,28). The summed E-state index contributed by atoms with van der Waals surface area (Å²) in [6.45, 7) is 4.68. The molecule has 3 unspecified atom stereocenters. The molecule has 3 rings (SSSR count). The minimum Gasteiger partial charge on any atom is -0.465 e. The minimum absolute atomic E-state index is 0.0730. The Labute approximate surface area is 174 Å². The van der Waals surface area contributed by atoms with E-state index in [1.807, 2.05) is 18.7 Å². The highest BCUT2D eigenvalue weighted by atomic mass is 16.4. The van der Waals surface area contributed by atoms with Crippen LogP contribution < -0.4 is 16.0 Å². The number of carboxylic acid groups (broad SMARTS) is 1. The Morgan fingerprint density at radius 1 is 1.17 bits per heavy atom. The molecule has 0 radical (unpaired) electrons. The van der Waals surface area contributed by atoms with E-state index in [0.717, 1.165) is 0 Å². The first-order chi connectivity index (χ1) is 14.2. The van der Waals surface area contributed by atoms with Gasteiger partial charge in [0, 0.05) is 43.0 Å². The molecule has 1 aromatic rings. The Morgan fingerprint density at radius 2 is 1.83 bits per heavy atom. The summed E-state index contributed by atoms with van der Waals surface area (Å²) in [7, 11) is 0. The number of hydrogen-bond acceptors (Lipinski definition) is 6. The molecule has 10 heteroatoms. The second-order valence-electron chi connectivity index (χ2n) is 7.83. The number of anilines is 2. The number of rotatable bonds is 5. The Balaban J connectivity index is 1.57. The molecule has 2 fully saturated rings. The van der Waals surface area contributed by atoms with E-state index in [9.17, 15) is 24.3 Å². The summed E-state index contributed by atoms with van der Waals surface area (Å²) in [5.41, 5.74) is 1.25. The number of imide groups is 1. The van der Waals surface area contributed by atoms with Crippen molar-refractivity contribution in [3.63, 3.8) is 0 Å². The van der Waals surface area contributed by atoms with Crippen molar-refractivity contribution in [2.45, 2.75) is 44.8 Å². The molecule has 2 aliphatic rings. The van der Waals surface area contributed by atoms with Crippen molar-refractivity contribution in [2.24, 2.45) is 0 Å². The highest BCUT2D eigenvalue weighted by Crippen LogP contribution is 2.20. The molecule has 2 saturated heterocycles. The lowest BCUT2D eigenvalue weighted by Crippen LogP contribution is -2.59. The van der Waals surface area contributed by atoms with Crippen molar-refractivity contribution in [1.29, 1.82) is 0 Å². The number of carbonyl (C=O) groups is 4. The van der Waals surface area contributed by atoms with Crippen LogP contribution in [-0.4, -0.2) is 76.5 Å². The summed E-state index contributed by atoms with van der Waals surface area (Å²) >= 11 is 0. The normalized spacial score (nSPS) is 24.9. The van der Waals surface area contributed by atoms with Crippen molar-refractivity contribution < 1.29 is 24.3 Å². The summed E-state index contributed by atoms with van der Waals surface area (Å²) in [5, 5.41) is 17.4. The van der Waals surface area contributed by atoms with E-state index in [-0.39, 0.29) is 42.8 Å². The number of amides is 4. The molecule has 10 nitrogen and oxygen atoms in total. The predicted molar refractivity (Wildman–Crippen MR) is 110 cm³/mol. The van der Waals surface area contributed by atoms with Gasteiger partial charge in [-0.15, -0.1) is 0 Å². The van der Waals surface area contributed by atoms with Crippen LogP contribution in [0.5, 0.6) is 0 Å². The van der Waals surface area contributed by atoms with E-state index >= 15 is 0 Å². The fraction of sp³-hybridized carbons (Fsp3) is 0.500. The van der Waals surface area contributed by atoms with Gasteiger partial charge in [-0.2, -0.15) is 0 Å². The van der Waals surface area contributed by atoms with Crippen LogP contribution in [0.2, 0.25) is 0 Å². The first kappa shape index (κ1) is 21.6. The Bertz CT molecular complexity index is 833. The van der Waals surface area contributed by atoms with Crippen LogP contribution in [0.3, 0.4) is 0 Å². The van der Waals surface area contributed by atoms with Gasteiger partial charge in [-0.05, 0) is 38.5 Å². The average molecular weight is 417 g/mol. The SMILES string of the molecule is CC1CN(C(=O)O)CC(C)N1CC(=O)Nc1cccc(NC2CCC(=O)NC2=O)c1.